The average molecular weight is 221 g/mol. The molecule has 0 spiro atoms. The van der Waals surface area contributed by atoms with Gasteiger partial charge in [-0.25, -0.2) is 4.79 Å². The first-order valence-electron chi connectivity index (χ1n) is 5.46. The molecule has 0 radical (unpaired) electrons. The summed E-state index contributed by atoms with van der Waals surface area (Å²) in [6, 6.07) is 9.09. The fourth-order valence-corrected chi connectivity index (χ4v) is 1.65. The first-order valence-corrected chi connectivity index (χ1v) is 5.46. The van der Waals surface area contributed by atoms with Gasteiger partial charge in [0.25, 0.3) is 0 Å². The second-order valence-corrected chi connectivity index (χ2v) is 3.76. The van der Waals surface area contributed by atoms with Gasteiger partial charge in [0.1, 0.15) is 5.75 Å². The third kappa shape index (κ3) is 3.24. The maximum Gasteiger partial charge on any atom is 0.412 e. The highest BCUT2D eigenvalue weighted by Gasteiger charge is 2.16. The van der Waals surface area contributed by atoms with Crippen LogP contribution in [0.4, 0.5) is 4.79 Å². The Bertz CT molecular complexity index is 333. The highest BCUT2D eigenvalue weighted by Crippen LogP contribution is 2.10. The Labute approximate surface area is 94.6 Å². The molecule has 1 heterocycles. The average Bonchev–Trinajstić information content (AvgIpc) is 2.31. The normalized spacial score (nSPS) is 20.1. The Morgan fingerprint density at radius 3 is 2.88 bits per heavy atom. The number of ether oxygens (including phenoxy) is 2. The van der Waals surface area contributed by atoms with Gasteiger partial charge in [0, 0.05) is 6.61 Å². The lowest BCUT2D eigenvalue weighted by Gasteiger charge is -2.22. The lowest BCUT2D eigenvalue weighted by Crippen LogP contribution is -2.41. The van der Waals surface area contributed by atoms with Crippen LogP contribution in [0.2, 0.25) is 0 Å². The largest absolute Gasteiger partial charge is 0.412 e. The standard InChI is InChI=1S/C12H15NO3/c14-12(13-10-5-4-8-15-9-10)16-11-6-2-1-3-7-11/h1-3,6-7,10H,4-5,8-9H2,(H,13,14). The minimum Gasteiger partial charge on any atom is -0.410 e. The van der Waals surface area contributed by atoms with Crippen molar-refractivity contribution < 1.29 is 14.3 Å². The van der Waals surface area contributed by atoms with Crippen LogP contribution >= 0.6 is 0 Å². The van der Waals surface area contributed by atoms with E-state index in [1.165, 1.54) is 0 Å². The molecular weight excluding hydrogens is 206 g/mol. The molecule has 4 heteroatoms. The van der Waals surface area contributed by atoms with Gasteiger partial charge in [-0.2, -0.15) is 0 Å². The second-order valence-electron chi connectivity index (χ2n) is 3.76. The summed E-state index contributed by atoms with van der Waals surface area (Å²) in [4.78, 5) is 11.5. The summed E-state index contributed by atoms with van der Waals surface area (Å²) in [5, 5.41) is 2.78. The van der Waals surface area contributed by atoms with E-state index in [0.717, 1.165) is 19.4 Å². The van der Waals surface area contributed by atoms with Crippen molar-refractivity contribution in [3.8, 4) is 5.75 Å². The minimum absolute atomic E-state index is 0.0740. The molecule has 1 saturated heterocycles. The van der Waals surface area contributed by atoms with Crippen LogP contribution in [0, 0.1) is 0 Å². The quantitative estimate of drug-likeness (QED) is 0.830. The summed E-state index contributed by atoms with van der Waals surface area (Å²) in [5.41, 5.74) is 0. The third-order valence-corrected chi connectivity index (χ3v) is 2.44. The Balaban J connectivity index is 1.80. The zero-order chi connectivity index (χ0) is 11.2. The highest BCUT2D eigenvalue weighted by atomic mass is 16.6. The molecule has 1 aromatic carbocycles. The van der Waals surface area contributed by atoms with Gasteiger partial charge in [-0.05, 0) is 25.0 Å². The molecule has 1 aliphatic rings. The van der Waals surface area contributed by atoms with E-state index in [2.05, 4.69) is 5.32 Å². The van der Waals surface area contributed by atoms with E-state index in [4.69, 9.17) is 9.47 Å². The number of amides is 1. The van der Waals surface area contributed by atoms with Gasteiger partial charge in [-0.1, -0.05) is 18.2 Å². The molecule has 2 rings (SSSR count). The minimum atomic E-state index is -0.415. The van der Waals surface area contributed by atoms with Gasteiger partial charge in [0.15, 0.2) is 0 Å². The number of carbonyl (C=O) groups is 1. The maximum absolute atomic E-state index is 11.5. The molecule has 0 saturated carbocycles. The molecule has 4 nitrogen and oxygen atoms in total. The van der Waals surface area contributed by atoms with Crippen molar-refractivity contribution in [2.75, 3.05) is 13.2 Å². The lowest BCUT2D eigenvalue weighted by atomic mass is 10.1. The van der Waals surface area contributed by atoms with Crippen molar-refractivity contribution >= 4 is 6.09 Å². The van der Waals surface area contributed by atoms with Crippen LogP contribution in [-0.4, -0.2) is 25.3 Å². The fourth-order valence-electron chi connectivity index (χ4n) is 1.65. The number of nitrogens with one attached hydrogen (secondary N) is 1. The number of hydrogen-bond acceptors (Lipinski definition) is 3. The van der Waals surface area contributed by atoms with Crippen LogP contribution in [0.15, 0.2) is 30.3 Å². The zero-order valence-corrected chi connectivity index (χ0v) is 9.02. The van der Waals surface area contributed by atoms with Gasteiger partial charge in [0.2, 0.25) is 0 Å². The predicted octanol–water partition coefficient (Wildman–Crippen LogP) is 1.95. The Morgan fingerprint density at radius 1 is 1.38 bits per heavy atom. The van der Waals surface area contributed by atoms with Crippen molar-refractivity contribution in [1.82, 2.24) is 5.32 Å². The molecule has 1 aliphatic heterocycles. The smallest absolute Gasteiger partial charge is 0.410 e. The van der Waals surface area contributed by atoms with Crippen LogP contribution in [0.1, 0.15) is 12.8 Å². The number of carbonyl (C=O) groups excluding carboxylic acids is 1. The summed E-state index contributed by atoms with van der Waals surface area (Å²) in [5.74, 6) is 0.553. The molecule has 0 bridgehead atoms. The summed E-state index contributed by atoms with van der Waals surface area (Å²) < 4.78 is 10.4. The van der Waals surface area contributed by atoms with Gasteiger partial charge >= 0.3 is 6.09 Å². The number of hydrogen-bond donors (Lipinski definition) is 1. The van der Waals surface area contributed by atoms with Gasteiger partial charge < -0.3 is 14.8 Å². The van der Waals surface area contributed by atoms with Crippen molar-refractivity contribution in [3.63, 3.8) is 0 Å². The van der Waals surface area contributed by atoms with Crippen LogP contribution in [-0.2, 0) is 4.74 Å². The number of benzene rings is 1. The first kappa shape index (κ1) is 11.0. The van der Waals surface area contributed by atoms with Crippen molar-refractivity contribution in [1.29, 1.82) is 0 Å². The monoisotopic (exact) mass is 221 g/mol. The number of para-hydroxylation sites is 1. The molecule has 1 fully saturated rings. The maximum atomic E-state index is 11.5. The topological polar surface area (TPSA) is 47.6 Å². The zero-order valence-electron chi connectivity index (χ0n) is 9.02. The van der Waals surface area contributed by atoms with Gasteiger partial charge in [-0.15, -0.1) is 0 Å². The van der Waals surface area contributed by atoms with Crippen LogP contribution in [0.5, 0.6) is 5.75 Å². The molecule has 1 amide bonds. The van der Waals surface area contributed by atoms with E-state index in [0.29, 0.717) is 12.4 Å². The predicted molar refractivity (Wildman–Crippen MR) is 59.4 cm³/mol. The third-order valence-electron chi connectivity index (χ3n) is 2.44. The molecule has 1 atom stereocenters. The van der Waals surface area contributed by atoms with Crippen molar-refractivity contribution in [3.05, 3.63) is 30.3 Å². The van der Waals surface area contributed by atoms with Crippen molar-refractivity contribution in [2.24, 2.45) is 0 Å². The van der Waals surface area contributed by atoms with Crippen molar-refractivity contribution in [2.45, 2.75) is 18.9 Å². The molecule has 1 N–H and O–H groups in total. The highest BCUT2D eigenvalue weighted by molar-refractivity contribution is 5.70. The molecular formula is C12H15NO3. The summed E-state index contributed by atoms with van der Waals surface area (Å²) in [6.07, 6.45) is 1.52. The summed E-state index contributed by atoms with van der Waals surface area (Å²) in [6.45, 7) is 1.36. The summed E-state index contributed by atoms with van der Waals surface area (Å²) in [7, 11) is 0. The SMILES string of the molecule is O=C(NC1CCCOC1)Oc1ccccc1. The Morgan fingerprint density at radius 2 is 2.19 bits per heavy atom. The molecule has 0 aromatic heterocycles. The van der Waals surface area contributed by atoms with E-state index in [1.54, 1.807) is 12.1 Å². The molecule has 0 aliphatic carbocycles. The number of rotatable bonds is 2. The van der Waals surface area contributed by atoms with E-state index in [-0.39, 0.29) is 6.04 Å². The molecule has 1 aromatic rings. The Kier molecular flexibility index (Phi) is 3.77. The van der Waals surface area contributed by atoms with Gasteiger partial charge in [0.05, 0.1) is 12.6 Å². The van der Waals surface area contributed by atoms with Crippen LogP contribution in [0.25, 0.3) is 0 Å². The van der Waals surface area contributed by atoms with E-state index < -0.39 is 6.09 Å². The summed E-state index contributed by atoms with van der Waals surface area (Å²) >= 11 is 0. The van der Waals surface area contributed by atoms with E-state index in [1.807, 2.05) is 18.2 Å². The first-order chi connectivity index (χ1) is 7.84. The molecule has 86 valence electrons. The van der Waals surface area contributed by atoms with Crippen LogP contribution < -0.4 is 10.1 Å². The van der Waals surface area contributed by atoms with Gasteiger partial charge in [-0.3, -0.25) is 0 Å². The molecule has 16 heavy (non-hydrogen) atoms. The Hall–Kier alpha value is -1.55. The van der Waals surface area contributed by atoms with E-state index >= 15 is 0 Å². The fraction of sp³-hybridized carbons (Fsp3) is 0.417. The lowest BCUT2D eigenvalue weighted by molar-refractivity contribution is 0.0703. The second kappa shape index (κ2) is 5.51. The van der Waals surface area contributed by atoms with E-state index in [9.17, 15) is 4.79 Å². The molecule has 1 unspecified atom stereocenters. The van der Waals surface area contributed by atoms with Crippen LogP contribution in [0.3, 0.4) is 0 Å².